The second-order valence-electron chi connectivity index (χ2n) is 6.10. The molecule has 144 valence electrons. The van der Waals surface area contributed by atoms with Crippen LogP contribution in [0.5, 0.6) is 0 Å². The summed E-state index contributed by atoms with van der Waals surface area (Å²) in [6, 6.07) is 11.5. The molecule has 1 aromatic carbocycles. The van der Waals surface area contributed by atoms with Crippen LogP contribution in [0.1, 0.15) is 56.4 Å². The van der Waals surface area contributed by atoms with Crippen molar-refractivity contribution in [2.75, 3.05) is 38.5 Å². The average molecular weight is 340 g/mol. The largest absolute Gasteiger partial charge is 0.383 e. The minimum atomic E-state index is 0. The summed E-state index contributed by atoms with van der Waals surface area (Å²) < 4.78 is 0. The van der Waals surface area contributed by atoms with Crippen molar-refractivity contribution in [2.24, 2.45) is 0 Å². The number of likely N-dealkylation sites (N-methyl/N-ethyl adjacent to an activating group) is 1. The van der Waals surface area contributed by atoms with Crippen LogP contribution in [-0.4, -0.2) is 55.1 Å². The van der Waals surface area contributed by atoms with E-state index in [1.54, 1.807) is 0 Å². The van der Waals surface area contributed by atoms with Crippen LogP contribution in [-0.2, 0) is 0 Å². The predicted octanol–water partition coefficient (Wildman–Crippen LogP) is 5.45. The van der Waals surface area contributed by atoms with Crippen molar-refractivity contribution in [3.05, 3.63) is 30.3 Å². The van der Waals surface area contributed by atoms with E-state index in [9.17, 15) is 0 Å². The third-order valence-corrected chi connectivity index (χ3v) is 3.50. The fourth-order valence-corrected chi connectivity index (χ4v) is 2.21. The molecule has 1 heterocycles. The summed E-state index contributed by atoms with van der Waals surface area (Å²) >= 11 is 0. The summed E-state index contributed by atoms with van der Waals surface area (Å²) in [6.45, 7) is 17.8. The van der Waals surface area contributed by atoms with Crippen molar-refractivity contribution in [1.29, 1.82) is 0 Å². The first kappa shape index (κ1) is 27.8. The van der Waals surface area contributed by atoms with Gasteiger partial charge in [0.25, 0.3) is 0 Å². The van der Waals surface area contributed by atoms with Gasteiger partial charge in [-0.25, -0.2) is 0 Å². The van der Waals surface area contributed by atoms with Crippen molar-refractivity contribution >= 4 is 5.69 Å². The molecule has 1 saturated heterocycles. The molecular formula is C21H45N3. The molecule has 0 amide bonds. The van der Waals surface area contributed by atoms with Crippen LogP contribution in [0.25, 0.3) is 0 Å². The van der Waals surface area contributed by atoms with Gasteiger partial charge in [-0.15, -0.1) is 0 Å². The van der Waals surface area contributed by atoms with E-state index in [0.717, 1.165) is 6.04 Å². The molecule has 0 bridgehead atoms. The molecule has 0 spiro atoms. The Kier molecular flexibility index (Phi) is 19.4. The van der Waals surface area contributed by atoms with Crippen LogP contribution in [0.3, 0.4) is 0 Å². The molecule has 0 atom stereocenters. The normalized spacial score (nSPS) is 14.4. The number of piperazine rings is 1. The lowest BCUT2D eigenvalue weighted by molar-refractivity contribution is 0.126. The number of benzene rings is 1. The Morgan fingerprint density at radius 3 is 1.67 bits per heavy atom. The summed E-state index contributed by atoms with van der Waals surface area (Å²) in [6.07, 6.45) is 0. The first-order valence-corrected chi connectivity index (χ1v) is 8.73. The third kappa shape index (κ3) is 13.4. The lowest BCUT2D eigenvalue weighted by Crippen LogP contribution is -2.47. The third-order valence-electron chi connectivity index (χ3n) is 3.50. The van der Waals surface area contributed by atoms with Gasteiger partial charge in [0.05, 0.1) is 0 Å². The minimum absolute atomic E-state index is 0. The molecule has 0 unspecified atom stereocenters. The summed E-state index contributed by atoms with van der Waals surface area (Å²) in [5, 5.41) is 3.30. The smallest absolute Gasteiger partial charge is 0.0342 e. The monoisotopic (exact) mass is 339 g/mol. The van der Waals surface area contributed by atoms with Gasteiger partial charge in [0.2, 0.25) is 0 Å². The van der Waals surface area contributed by atoms with Gasteiger partial charge in [0.1, 0.15) is 0 Å². The van der Waals surface area contributed by atoms with Crippen LogP contribution in [0, 0.1) is 0 Å². The molecule has 0 saturated carbocycles. The maximum Gasteiger partial charge on any atom is 0.0342 e. The number of rotatable bonds is 3. The Balaban J connectivity index is -0.000000310. The molecule has 0 aromatic heterocycles. The number of nitrogens with zero attached hydrogens (tertiary/aromatic N) is 2. The number of anilines is 1. The standard InChI is InChI=1S/C9H13N.C8H18N2.C2H6.2CH4/c1-8(2)10-9-6-4-3-5-7-9;1-8(2)10-6-4-9(3)5-7-10;1-2;;/h3-8,10H,1-2H3;8H,4-7H2,1-3H3;1-2H3;2*1H4. The Labute approximate surface area is 153 Å². The van der Waals surface area contributed by atoms with E-state index in [4.69, 9.17) is 0 Å². The molecule has 1 aliphatic rings. The van der Waals surface area contributed by atoms with E-state index in [1.807, 2.05) is 32.0 Å². The van der Waals surface area contributed by atoms with Gasteiger partial charge < -0.3 is 10.2 Å². The zero-order valence-corrected chi connectivity index (χ0v) is 15.8. The highest BCUT2D eigenvalue weighted by molar-refractivity contribution is 5.42. The quantitative estimate of drug-likeness (QED) is 0.790. The SMILES string of the molecule is C.C.CC.CC(C)N1CCN(C)CC1.CC(C)Nc1ccccc1. The number of hydrogen-bond donors (Lipinski definition) is 1. The number of hydrogen-bond acceptors (Lipinski definition) is 3. The highest BCUT2D eigenvalue weighted by atomic mass is 15.3. The first-order chi connectivity index (χ1) is 10.5. The van der Waals surface area contributed by atoms with Gasteiger partial charge >= 0.3 is 0 Å². The lowest BCUT2D eigenvalue weighted by atomic mass is 10.2. The number of nitrogens with one attached hydrogen (secondary N) is 1. The van der Waals surface area contributed by atoms with E-state index >= 15 is 0 Å². The van der Waals surface area contributed by atoms with Crippen LogP contribution < -0.4 is 5.32 Å². The highest BCUT2D eigenvalue weighted by Gasteiger charge is 2.15. The fourth-order valence-electron chi connectivity index (χ4n) is 2.21. The van der Waals surface area contributed by atoms with Crippen LogP contribution in [0.2, 0.25) is 0 Å². The van der Waals surface area contributed by atoms with E-state index in [-0.39, 0.29) is 14.9 Å². The van der Waals surface area contributed by atoms with Gasteiger partial charge in [-0.1, -0.05) is 46.9 Å². The molecule has 3 heteroatoms. The number of para-hydroxylation sites is 1. The Hall–Kier alpha value is -1.06. The van der Waals surface area contributed by atoms with Crippen LogP contribution in [0.4, 0.5) is 5.69 Å². The molecule has 3 nitrogen and oxygen atoms in total. The maximum absolute atomic E-state index is 3.30. The molecule has 0 aliphatic carbocycles. The zero-order valence-electron chi connectivity index (χ0n) is 15.8. The predicted molar refractivity (Wildman–Crippen MR) is 114 cm³/mol. The van der Waals surface area contributed by atoms with Crippen molar-refractivity contribution in [3.63, 3.8) is 0 Å². The zero-order chi connectivity index (χ0) is 17.0. The van der Waals surface area contributed by atoms with Crippen LogP contribution in [0.15, 0.2) is 30.3 Å². The second-order valence-corrected chi connectivity index (χ2v) is 6.10. The molecule has 1 aromatic rings. The van der Waals surface area contributed by atoms with Crippen molar-refractivity contribution in [3.8, 4) is 0 Å². The molecule has 1 N–H and O–H groups in total. The van der Waals surface area contributed by atoms with Gasteiger partial charge in [-0.05, 0) is 46.9 Å². The highest BCUT2D eigenvalue weighted by Crippen LogP contribution is 2.05. The van der Waals surface area contributed by atoms with Crippen molar-refractivity contribution < 1.29 is 0 Å². The Morgan fingerprint density at radius 2 is 1.29 bits per heavy atom. The first-order valence-electron chi connectivity index (χ1n) is 8.73. The molecular weight excluding hydrogens is 294 g/mol. The molecule has 1 fully saturated rings. The van der Waals surface area contributed by atoms with E-state index in [1.165, 1.54) is 31.9 Å². The Morgan fingerprint density at radius 1 is 0.833 bits per heavy atom. The van der Waals surface area contributed by atoms with Crippen LogP contribution >= 0.6 is 0 Å². The molecule has 1 aliphatic heterocycles. The van der Waals surface area contributed by atoms with Gasteiger partial charge in [0, 0.05) is 44.0 Å². The minimum Gasteiger partial charge on any atom is -0.383 e. The van der Waals surface area contributed by atoms with Gasteiger partial charge in [-0.3, -0.25) is 4.90 Å². The van der Waals surface area contributed by atoms with Crippen molar-refractivity contribution in [1.82, 2.24) is 9.80 Å². The summed E-state index contributed by atoms with van der Waals surface area (Å²) in [4.78, 5) is 4.92. The lowest BCUT2D eigenvalue weighted by Gasteiger charge is -2.34. The molecule has 2 rings (SSSR count). The molecule has 24 heavy (non-hydrogen) atoms. The summed E-state index contributed by atoms with van der Waals surface area (Å²) in [5.74, 6) is 0. The van der Waals surface area contributed by atoms with E-state index in [0.29, 0.717) is 6.04 Å². The summed E-state index contributed by atoms with van der Waals surface area (Å²) in [7, 11) is 2.19. The van der Waals surface area contributed by atoms with E-state index in [2.05, 4.69) is 62.0 Å². The second kappa shape index (κ2) is 16.8. The topological polar surface area (TPSA) is 18.5 Å². The van der Waals surface area contributed by atoms with Gasteiger partial charge in [-0.2, -0.15) is 0 Å². The van der Waals surface area contributed by atoms with Crippen molar-refractivity contribution in [2.45, 2.75) is 68.5 Å². The Bertz CT molecular complexity index is 341. The molecule has 0 radical (unpaired) electrons. The van der Waals surface area contributed by atoms with E-state index < -0.39 is 0 Å². The summed E-state index contributed by atoms with van der Waals surface area (Å²) in [5.41, 5.74) is 1.19. The van der Waals surface area contributed by atoms with Gasteiger partial charge in [0.15, 0.2) is 0 Å². The fraction of sp³-hybridized carbons (Fsp3) is 0.714. The average Bonchev–Trinajstić information content (AvgIpc) is 2.51. The maximum atomic E-state index is 3.30.